The summed E-state index contributed by atoms with van der Waals surface area (Å²) >= 11 is 0. The van der Waals surface area contributed by atoms with Crippen molar-refractivity contribution in [3.8, 4) is 0 Å². The van der Waals surface area contributed by atoms with E-state index in [1.165, 1.54) is 0 Å². The van der Waals surface area contributed by atoms with Gasteiger partial charge in [-0.3, -0.25) is 0 Å². The molecule has 2 aliphatic rings. The second-order valence-corrected chi connectivity index (χ2v) is 6.96. The molecule has 0 bridgehead atoms. The standard InChI is InChI=1S/C15H26O3/c1-9-11(16)6-8-15(4)7-5-10(14(2,3)18)13(17)12(9)15/h10-11,13,16-18H,5-8H2,1-4H3/t10-,11-,13+,15+/m1/s1. The predicted molar refractivity (Wildman–Crippen MR) is 71.1 cm³/mol. The van der Waals surface area contributed by atoms with Gasteiger partial charge in [0.15, 0.2) is 0 Å². The zero-order chi connectivity index (χ0) is 13.7. The Balaban J connectivity index is 2.41. The van der Waals surface area contributed by atoms with Crippen molar-refractivity contribution in [1.82, 2.24) is 0 Å². The molecule has 1 saturated carbocycles. The van der Waals surface area contributed by atoms with Crippen LogP contribution in [0.25, 0.3) is 0 Å². The first-order valence-corrected chi connectivity index (χ1v) is 6.96. The van der Waals surface area contributed by atoms with Gasteiger partial charge in [-0.05, 0) is 63.0 Å². The van der Waals surface area contributed by atoms with Gasteiger partial charge >= 0.3 is 0 Å². The highest BCUT2D eigenvalue weighted by Gasteiger charge is 2.48. The average molecular weight is 254 g/mol. The quantitative estimate of drug-likeness (QED) is 0.627. The summed E-state index contributed by atoms with van der Waals surface area (Å²) in [4.78, 5) is 0. The molecule has 1 fully saturated rings. The van der Waals surface area contributed by atoms with E-state index in [9.17, 15) is 15.3 Å². The molecule has 0 aromatic rings. The van der Waals surface area contributed by atoms with Gasteiger partial charge in [0.05, 0.1) is 17.8 Å². The molecule has 0 amide bonds. The van der Waals surface area contributed by atoms with Gasteiger partial charge < -0.3 is 15.3 Å². The van der Waals surface area contributed by atoms with Crippen LogP contribution in [-0.2, 0) is 0 Å². The second kappa shape index (κ2) is 4.32. The van der Waals surface area contributed by atoms with E-state index in [-0.39, 0.29) is 11.3 Å². The van der Waals surface area contributed by atoms with Gasteiger partial charge in [0.1, 0.15) is 0 Å². The van der Waals surface area contributed by atoms with Gasteiger partial charge in [0.25, 0.3) is 0 Å². The maximum absolute atomic E-state index is 10.6. The van der Waals surface area contributed by atoms with Crippen LogP contribution in [0.4, 0.5) is 0 Å². The van der Waals surface area contributed by atoms with Gasteiger partial charge in [-0.2, -0.15) is 0 Å². The van der Waals surface area contributed by atoms with Crippen molar-refractivity contribution in [2.45, 2.75) is 71.2 Å². The number of aliphatic hydroxyl groups is 3. The molecule has 0 unspecified atom stereocenters. The average Bonchev–Trinajstić information content (AvgIpc) is 2.22. The van der Waals surface area contributed by atoms with Crippen LogP contribution < -0.4 is 0 Å². The molecule has 3 nitrogen and oxygen atoms in total. The van der Waals surface area contributed by atoms with Crippen LogP contribution in [0.2, 0.25) is 0 Å². The van der Waals surface area contributed by atoms with Crippen LogP contribution in [0.1, 0.15) is 53.4 Å². The molecule has 0 aromatic carbocycles. The molecular formula is C15H26O3. The van der Waals surface area contributed by atoms with Crippen LogP contribution in [-0.4, -0.2) is 33.1 Å². The van der Waals surface area contributed by atoms with E-state index < -0.39 is 17.8 Å². The Hall–Kier alpha value is -0.380. The van der Waals surface area contributed by atoms with Crippen LogP contribution in [0.3, 0.4) is 0 Å². The van der Waals surface area contributed by atoms with Crippen LogP contribution in [0.5, 0.6) is 0 Å². The maximum atomic E-state index is 10.6. The Labute approximate surface area is 110 Å². The van der Waals surface area contributed by atoms with Crippen LogP contribution >= 0.6 is 0 Å². The SMILES string of the molecule is CC1=C2[C@@H](O)[C@H](C(C)(C)O)CC[C@@]2(C)CC[C@H]1O. The summed E-state index contributed by atoms with van der Waals surface area (Å²) < 4.78 is 0. The predicted octanol–water partition coefficient (Wildman–Crippen LogP) is 2.01. The molecule has 104 valence electrons. The maximum Gasteiger partial charge on any atom is 0.0814 e. The van der Waals surface area contributed by atoms with Crippen molar-refractivity contribution in [3.05, 3.63) is 11.1 Å². The van der Waals surface area contributed by atoms with Crippen LogP contribution in [0, 0.1) is 11.3 Å². The highest BCUT2D eigenvalue weighted by Crippen LogP contribution is 2.52. The van der Waals surface area contributed by atoms with E-state index in [0.29, 0.717) is 0 Å². The fraction of sp³-hybridized carbons (Fsp3) is 0.867. The summed E-state index contributed by atoms with van der Waals surface area (Å²) in [6.45, 7) is 7.63. The Morgan fingerprint density at radius 2 is 1.72 bits per heavy atom. The van der Waals surface area contributed by atoms with Gasteiger partial charge in [-0.15, -0.1) is 0 Å². The van der Waals surface area contributed by atoms with E-state index >= 15 is 0 Å². The summed E-state index contributed by atoms with van der Waals surface area (Å²) in [6, 6.07) is 0. The summed E-state index contributed by atoms with van der Waals surface area (Å²) in [6.07, 6.45) is 2.48. The zero-order valence-corrected chi connectivity index (χ0v) is 11.9. The van der Waals surface area contributed by atoms with E-state index in [1.54, 1.807) is 13.8 Å². The van der Waals surface area contributed by atoms with Gasteiger partial charge in [-0.1, -0.05) is 6.92 Å². The third-order valence-electron chi connectivity index (χ3n) is 5.14. The van der Waals surface area contributed by atoms with Crippen molar-refractivity contribution in [2.24, 2.45) is 11.3 Å². The van der Waals surface area contributed by atoms with Gasteiger partial charge in [0.2, 0.25) is 0 Å². The smallest absolute Gasteiger partial charge is 0.0814 e. The van der Waals surface area contributed by atoms with Crippen LogP contribution in [0.15, 0.2) is 11.1 Å². The van der Waals surface area contributed by atoms with E-state index in [0.717, 1.165) is 36.8 Å². The molecule has 0 heterocycles. The topological polar surface area (TPSA) is 60.7 Å². The minimum atomic E-state index is -0.879. The monoisotopic (exact) mass is 254 g/mol. The third-order valence-corrected chi connectivity index (χ3v) is 5.14. The van der Waals surface area contributed by atoms with Crippen molar-refractivity contribution >= 4 is 0 Å². The minimum absolute atomic E-state index is 0.00444. The lowest BCUT2D eigenvalue weighted by Gasteiger charge is -2.50. The molecule has 0 saturated heterocycles. The van der Waals surface area contributed by atoms with E-state index in [2.05, 4.69) is 6.92 Å². The molecule has 3 N–H and O–H groups in total. The van der Waals surface area contributed by atoms with E-state index in [1.807, 2.05) is 6.92 Å². The molecular weight excluding hydrogens is 228 g/mol. The van der Waals surface area contributed by atoms with Gasteiger partial charge in [0, 0.05) is 5.92 Å². The number of rotatable bonds is 1. The lowest BCUT2D eigenvalue weighted by molar-refractivity contribution is -0.0669. The molecule has 3 heteroatoms. The molecule has 0 aliphatic heterocycles. The first-order valence-electron chi connectivity index (χ1n) is 6.96. The Morgan fingerprint density at radius 3 is 2.28 bits per heavy atom. The fourth-order valence-corrected chi connectivity index (χ4v) is 3.88. The molecule has 2 rings (SSSR count). The zero-order valence-electron chi connectivity index (χ0n) is 11.9. The number of aliphatic hydroxyl groups excluding tert-OH is 2. The number of fused-ring (bicyclic) bond motifs is 1. The second-order valence-electron chi connectivity index (χ2n) is 6.96. The summed E-state index contributed by atoms with van der Waals surface area (Å²) in [7, 11) is 0. The molecule has 0 radical (unpaired) electrons. The lowest BCUT2D eigenvalue weighted by Crippen LogP contribution is -2.49. The van der Waals surface area contributed by atoms with Crippen molar-refractivity contribution in [2.75, 3.05) is 0 Å². The lowest BCUT2D eigenvalue weighted by atomic mass is 9.58. The molecule has 4 atom stereocenters. The normalized spacial score (nSPS) is 41.8. The number of hydrogen-bond acceptors (Lipinski definition) is 3. The fourth-order valence-electron chi connectivity index (χ4n) is 3.88. The molecule has 2 aliphatic carbocycles. The van der Waals surface area contributed by atoms with Crippen molar-refractivity contribution in [3.63, 3.8) is 0 Å². The van der Waals surface area contributed by atoms with Crippen molar-refractivity contribution in [1.29, 1.82) is 0 Å². The Kier molecular flexibility index (Phi) is 3.37. The highest BCUT2D eigenvalue weighted by molar-refractivity contribution is 5.32. The minimum Gasteiger partial charge on any atom is -0.390 e. The molecule has 0 spiro atoms. The third kappa shape index (κ3) is 2.13. The first-order chi connectivity index (χ1) is 8.17. The molecule has 0 aromatic heterocycles. The summed E-state index contributed by atoms with van der Waals surface area (Å²) in [5.74, 6) is -0.138. The summed E-state index contributed by atoms with van der Waals surface area (Å²) in [5.41, 5.74) is 1.03. The Bertz CT molecular complexity index is 366. The van der Waals surface area contributed by atoms with E-state index in [4.69, 9.17) is 0 Å². The van der Waals surface area contributed by atoms with Gasteiger partial charge in [-0.25, -0.2) is 0 Å². The Morgan fingerprint density at radius 1 is 1.17 bits per heavy atom. The van der Waals surface area contributed by atoms with Crippen molar-refractivity contribution < 1.29 is 15.3 Å². The largest absolute Gasteiger partial charge is 0.390 e. The molecule has 18 heavy (non-hydrogen) atoms. The highest BCUT2D eigenvalue weighted by atomic mass is 16.3. The number of hydrogen-bond donors (Lipinski definition) is 3. The summed E-state index contributed by atoms with van der Waals surface area (Å²) in [5, 5.41) is 30.8. The first kappa shape index (κ1) is 14.0.